The maximum atomic E-state index is 11.1. The van der Waals surface area contributed by atoms with E-state index >= 15 is 0 Å². The van der Waals surface area contributed by atoms with Crippen LogP contribution in [0.4, 0.5) is 5.82 Å². The summed E-state index contributed by atoms with van der Waals surface area (Å²) in [6, 6.07) is 1.81. The molecule has 0 amide bonds. The zero-order valence-electron chi connectivity index (χ0n) is 8.49. The van der Waals surface area contributed by atoms with Crippen LogP contribution in [0.15, 0.2) is 11.3 Å². The molecule has 1 aromatic heterocycles. The molecule has 0 unspecified atom stereocenters. The Labute approximate surface area is 90.7 Å². The lowest BCUT2D eigenvalue weighted by Crippen LogP contribution is -2.13. The van der Waals surface area contributed by atoms with Gasteiger partial charge in [0, 0.05) is 11.1 Å². The summed E-state index contributed by atoms with van der Waals surface area (Å²) in [5.74, 6) is -0.517. The molecular formula is C8H8N6O2. The number of carbonyl (C=O) groups excluding carboxylic acids is 1. The zero-order chi connectivity index (χ0) is 12.0. The SMILES string of the molecule is CCOC(=O)Cn1cc(C#N)c(N=[N+]=[N-])n1. The predicted molar refractivity (Wildman–Crippen MR) is 52.4 cm³/mol. The van der Waals surface area contributed by atoms with Crippen LogP contribution in [0.25, 0.3) is 10.4 Å². The lowest BCUT2D eigenvalue weighted by molar-refractivity contribution is -0.144. The molecule has 0 atom stereocenters. The second kappa shape index (κ2) is 5.38. The van der Waals surface area contributed by atoms with E-state index in [1.165, 1.54) is 10.9 Å². The number of azide groups is 1. The van der Waals surface area contributed by atoms with Crippen LogP contribution in [-0.2, 0) is 16.1 Å². The molecule has 1 heterocycles. The number of ether oxygens (including phenoxy) is 1. The van der Waals surface area contributed by atoms with E-state index < -0.39 is 5.97 Å². The number of aromatic nitrogens is 2. The summed E-state index contributed by atoms with van der Waals surface area (Å²) in [5, 5.41) is 15.7. The third kappa shape index (κ3) is 2.73. The number of hydrogen-bond donors (Lipinski definition) is 0. The third-order valence-electron chi connectivity index (χ3n) is 1.60. The van der Waals surface area contributed by atoms with E-state index in [1.54, 1.807) is 13.0 Å². The molecule has 0 bridgehead atoms. The van der Waals surface area contributed by atoms with Crippen LogP contribution in [-0.4, -0.2) is 22.4 Å². The molecule has 0 saturated heterocycles. The van der Waals surface area contributed by atoms with Crippen LogP contribution in [0.5, 0.6) is 0 Å². The molecule has 1 rings (SSSR count). The van der Waals surface area contributed by atoms with Gasteiger partial charge in [-0.3, -0.25) is 9.48 Å². The summed E-state index contributed by atoms with van der Waals surface area (Å²) in [4.78, 5) is 13.6. The Morgan fingerprint density at radius 1 is 1.88 bits per heavy atom. The fraction of sp³-hybridized carbons (Fsp3) is 0.375. The van der Waals surface area contributed by atoms with Crippen LogP contribution in [0.2, 0.25) is 0 Å². The first-order valence-electron chi connectivity index (χ1n) is 4.39. The molecule has 16 heavy (non-hydrogen) atoms. The van der Waals surface area contributed by atoms with E-state index in [0.29, 0.717) is 0 Å². The Morgan fingerprint density at radius 2 is 2.62 bits per heavy atom. The molecule has 82 valence electrons. The molecule has 8 nitrogen and oxygen atoms in total. The second-order valence-corrected chi connectivity index (χ2v) is 2.67. The van der Waals surface area contributed by atoms with Gasteiger partial charge in [0.1, 0.15) is 12.6 Å². The van der Waals surface area contributed by atoms with E-state index in [0.717, 1.165) is 0 Å². The molecule has 0 aliphatic rings. The van der Waals surface area contributed by atoms with Crippen LogP contribution >= 0.6 is 0 Å². The second-order valence-electron chi connectivity index (χ2n) is 2.67. The van der Waals surface area contributed by atoms with E-state index in [2.05, 4.69) is 15.1 Å². The summed E-state index contributed by atoms with van der Waals surface area (Å²) in [6.45, 7) is 1.84. The number of nitrogens with zero attached hydrogens (tertiary/aromatic N) is 6. The Balaban J connectivity index is 2.87. The number of rotatable bonds is 4. The lowest BCUT2D eigenvalue weighted by atomic mass is 10.4. The molecule has 0 spiro atoms. The maximum absolute atomic E-state index is 11.1. The maximum Gasteiger partial charge on any atom is 0.327 e. The lowest BCUT2D eigenvalue weighted by Gasteiger charge is -2.00. The minimum absolute atomic E-state index is 0.0469. The van der Waals surface area contributed by atoms with Gasteiger partial charge in [-0.2, -0.15) is 10.4 Å². The molecule has 0 fully saturated rings. The Morgan fingerprint density at radius 3 is 3.19 bits per heavy atom. The van der Waals surface area contributed by atoms with Crippen LogP contribution in [0.1, 0.15) is 12.5 Å². The molecule has 0 radical (unpaired) electrons. The van der Waals surface area contributed by atoms with Gasteiger partial charge >= 0.3 is 5.97 Å². The minimum atomic E-state index is -0.470. The van der Waals surface area contributed by atoms with Crippen LogP contribution in [0.3, 0.4) is 0 Å². The van der Waals surface area contributed by atoms with Crippen LogP contribution < -0.4 is 0 Å². The first-order chi connectivity index (χ1) is 7.71. The first kappa shape index (κ1) is 11.6. The molecule has 0 N–H and O–H groups in total. The quantitative estimate of drug-likeness (QED) is 0.328. The van der Waals surface area contributed by atoms with Gasteiger partial charge in [-0.1, -0.05) is 0 Å². The fourth-order valence-corrected chi connectivity index (χ4v) is 1.03. The standard InChI is InChI=1S/C8H8N6O2/c1-2-16-7(15)5-14-4-6(3-9)8(12-14)11-13-10/h4H,2,5H2,1H3. The monoisotopic (exact) mass is 220 g/mol. The van der Waals surface area contributed by atoms with Crippen molar-refractivity contribution in [1.82, 2.24) is 9.78 Å². The third-order valence-corrected chi connectivity index (χ3v) is 1.60. The molecule has 8 heteroatoms. The molecule has 1 aromatic rings. The van der Waals surface area contributed by atoms with Gasteiger partial charge in [0.05, 0.1) is 12.2 Å². The Hall–Kier alpha value is -2.52. The van der Waals surface area contributed by atoms with Crippen molar-refractivity contribution in [2.75, 3.05) is 6.61 Å². The summed E-state index contributed by atoms with van der Waals surface area (Å²) in [6.07, 6.45) is 1.32. The van der Waals surface area contributed by atoms with Gasteiger partial charge in [0.15, 0.2) is 5.82 Å². The molecule has 0 aliphatic heterocycles. The smallest absolute Gasteiger partial charge is 0.327 e. The average Bonchev–Trinajstić information content (AvgIpc) is 2.61. The van der Waals surface area contributed by atoms with Gasteiger partial charge in [-0.15, -0.1) is 0 Å². The van der Waals surface area contributed by atoms with Gasteiger partial charge in [0.2, 0.25) is 0 Å². The largest absolute Gasteiger partial charge is 0.465 e. The number of hydrogen-bond acceptors (Lipinski definition) is 5. The van der Waals surface area contributed by atoms with Crippen molar-refractivity contribution in [3.05, 3.63) is 22.2 Å². The van der Waals surface area contributed by atoms with Gasteiger partial charge in [-0.25, -0.2) is 0 Å². The molecule has 0 aromatic carbocycles. The average molecular weight is 220 g/mol. The van der Waals surface area contributed by atoms with E-state index in [4.69, 9.17) is 15.5 Å². The number of esters is 1. The zero-order valence-corrected chi connectivity index (χ0v) is 8.49. The number of carbonyl (C=O) groups is 1. The van der Waals surface area contributed by atoms with Gasteiger partial charge in [0.25, 0.3) is 0 Å². The van der Waals surface area contributed by atoms with E-state index in [9.17, 15) is 4.79 Å². The van der Waals surface area contributed by atoms with Crippen molar-refractivity contribution in [1.29, 1.82) is 5.26 Å². The fourth-order valence-electron chi connectivity index (χ4n) is 1.03. The first-order valence-corrected chi connectivity index (χ1v) is 4.39. The van der Waals surface area contributed by atoms with Crippen molar-refractivity contribution in [2.45, 2.75) is 13.5 Å². The highest BCUT2D eigenvalue weighted by molar-refractivity contribution is 5.69. The van der Waals surface area contributed by atoms with Gasteiger partial charge in [-0.05, 0) is 17.6 Å². The summed E-state index contributed by atoms with van der Waals surface area (Å²) < 4.78 is 5.90. The highest BCUT2D eigenvalue weighted by Crippen LogP contribution is 2.15. The molecule has 0 saturated carbocycles. The van der Waals surface area contributed by atoms with Crippen molar-refractivity contribution in [3.63, 3.8) is 0 Å². The van der Waals surface area contributed by atoms with Crippen molar-refractivity contribution < 1.29 is 9.53 Å². The predicted octanol–water partition coefficient (Wildman–Crippen LogP) is 1.26. The Bertz CT molecular complexity index is 479. The summed E-state index contributed by atoms with van der Waals surface area (Å²) >= 11 is 0. The van der Waals surface area contributed by atoms with Crippen molar-refractivity contribution >= 4 is 11.8 Å². The summed E-state index contributed by atoms with van der Waals surface area (Å²) in [7, 11) is 0. The minimum Gasteiger partial charge on any atom is -0.465 e. The number of nitriles is 1. The van der Waals surface area contributed by atoms with E-state index in [1.807, 2.05) is 0 Å². The van der Waals surface area contributed by atoms with Crippen molar-refractivity contribution in [2.24, 2.45) is 5.11 Å². The Kier molecular flexibility index (Phi) is 3.89. The summed E-state index contributed by atoms with van der Waals surface area (Å²) in [5.41, 5.74) is 8.34. The van der Waals surface area contributed by atoms with Gasteiger partial charge < -0.3 is 4.74 Å². The highest BCUT2D eigenvalue weighted by Gasteiger charge is 2.09. The molecular weight excluding hydrogens is 212 g/mol. The highest BCUT2D eigenvalue weighted by atomic mass is 16.5. The van der Waals surface area contributed by atoms with E-state index in [-0.39, 0.29) is 24.5 Å². The van der Waals surface area contributed by atoms with Crippen molar-refractivity contribution in [3.8, 4) is 6.07 Å². The normalized spacial score (nSPS) is 9.00. The topological polar surface area (TPSA) is 117 Å². The molecule has 0 aliphatic carbocycles. The van der Waals surface area contributed by atoms with Crippen LogP contribution in [0, 0.1) is 11.3 Å².